The van der Waals surface area contributed by atoms with Crippen LogP contribution < -0.4 is 9.64 Å². The van der Waals surface area contributed by atoms with Crippen molar-refractivity contribution < 1.29 is 9.13 Å². The molecule has 0 N–H and O–H groups in total. The highest BCUT2D eigenvalue weighted by molar-refractivity contribution is 6.30. The fraction of sp³-hybridized carbons (Fsp3) is 0.263. The molecule has 0 bridgehead atoms. The van der Waals surface area contributed by atoms with Crippen molar-refractivity contribution >= 4 is 23.6 Å². The van der Waals surface area contributed by atoms with Gasteiger partial charge in [0, 0.05) is 24.2 Å². The molecule has 2 aliphatic heterocycles. The smallest absolute Gasteiger partial charge is 0.148 e. The minimum absolute atomic E-state index is 0.330. The molecule has 6 heteroatoms. The summed E-state index contributed by atoms with van der Waals surface area (Å²) in [6.07, 6.45) is 6.14. The highest BCUT2D eigenvalue weighted by Gasteiger charge is 2.26. The van der Waals surface area contributed by atoms with Gasteiger partial charge < -0.3 is 9.64 Å². The number of nitrogens with zero attached hydrogens (tertiary/aromatic N) is 3. The molecule has 2 aliphatic rings. The van der Waals surface area contributed by atoms with Gasteiger partial charge in [-0.3, -0.25) is 4.98 Å². The third kappa shape index (κ3) is 3.12. The van der Waals surface area contributed by atoms with E-state index in [2.05, 4.69) is 23.0 Å². The molecule has 0 aliphatic carbocycles. The number of hydrogen-bond donors (Lipinski definition) is 0. The summed E-state index contributed by atoms with van der Waals surface area (Å²) in [5, 5.41) is 0.675. The summed E-state index contributed by atoms with van der Waals surface area (Å²) in [6.45, 7) is 2.63. The van der Waals surface area contributed by atoms with Crippen LogP contribution in [0.15, 0.2) is 46.7 Å². The van der Waals surface area contributed by atoms with E-state index < -0.39 is 0 Å². The molecule has 1 aromatic carbocycles. The van der Waals surface area contributed by atoms with Gasteiger partial charge >= 0.3 is 0 Å². The van der Waals surface area contributed by atoms with Crippen LogP contribution in [0.5, 0.6) is 5.75 Å². The minimum atomic E-state index is -0.372. The van der Waals surface area contributed by atoms with E-state index in [-0.39, 0.29) is 11.9 Å². The molecular weight excluding hydrogens is 341 g/mol. The third-order valence-electron chi connectivity index (χ3n) is 4.47. The van der Waals surface area contributed by atoms with Crippen LogP contribution in [-0.2, 0) is 6.42 Å². The van der Waals surface area contributed by atoms with Gasteiger partial charge in [-0.1, -0.05) is 17.7 Å². The Morgan fingerprint density at radius 3 is 3.04 bits per heavy atom. The number of benzene rings is 1. The molecule has 1 unspecified atom stereocenters. The summed E-state index contributed by atoms with van der Waals surface area (Å²) in [4.78, 5) is 10.3. The molecule has 0 fully saturated rings. The standard InChI is InChI=1S/C19H17ClFN3O/c1-12-7-13-4-5-17(19-15(21)3-2-6-23-19)25-18(13)8-16(12)24-10-14(20)9-22-11-24/h2-3,6-9,11,17H,4-5,10H2,1H3. The van der Waals surface area contributed by atoms with E-state index in [1.165, 1.54) is 6.07 Å². The third-order valence-corrected chi connectivity index (χ3v) is 4.68. The normalized spacial score (nSPS) is 19.2. The van der Waals surface area contributed by atoms with Gasteiger partial charge in [-0.2, -0.15) is 0 Å². The number of pyridine rings is 1. The lowest BCUT2D eigenvalue weighted by Crippen LogP contribution is -2.26. The van der Waals surface area contributed by atoms with Crippen molar-refractivity contribution in [3.8, 4) is 5.75 Å². The van der Waals surface area contributed by atoms with E-state index in [9.17, 15) is 4.39 Å². The largest absolute Gasteiger partial charge is 0.484 e. The topological polar surface area (TPSA) is 37.7 Å². The molecule has 128 valence electrons. The molecule has 1 aromatic heterocycles. The summed E-state index contributed by atoms with van der Waals surface area (Å²) in [5.74, 6) is 0.435. The summed E-state index contributed by atoms with van der Waals surface area (Å²) in [6, 6.07) is 7.11. The average Bonchev–Trinajstić information content (AvgIpc) is 2.61. The predicted molar refractivity (Wildman–Crippen MR) is 96.8 cm³/mol. The van der Waals surface area contributed by atoms with E-state index in [1.807, 2.05) is 11.0 Å². The minimum Gasteiger partial charge on any atom is -0.484 e. The molecule has 25 heavy (non-hydrogen) atoms. The number of aryl methyl sites for hydroxylation is 2. The zero-order valence-corrected chi connectivity index (χ0v) is 14.5. The van der Waals surface area contributed by atoms with E-state index in [4.69, 9.17) is 16.3 Å². The van der Waals surface area contributed by atoms with Crippen LogP contribution in [0.25, 0.3) is 0 Å². The Hall–Kier alpha value is -2.40. The number of aromatic nitrogens is 1. The Bertz CT molecular complexity index is 881. The second kappa shape index (κ2) is 6.48. The molecule has 4 nitrogen and oxygen atoms in total. The number of hydrogen-bond acceptors (Lipinski definition) is 4. The molecule has 1 atom stereocenters. The maximum absolute atomic E-state index is 14.0. The molecule has 0 spiro atoms. The van der Waals surface area contributed by atoms with Crippen molar-refractivity contribution in [3.63, 3.8) is 0 Å². The first-order chi connectivity index (χ1) is 12.1. The molecule has 0 radical (unpaired) electrons. The van der Waals surface area contributed by atoms with Gasteiger partial charge in [0.2, 0.25) is 0 Å². The van der Waals surface area contributed by atoms with Gasteiger partial charge in [0.25, 0.3) is 0 Å². The van der Waals surface area contributed by atoms with Gasteiger partial charge in [0.15, 0.2) is 0 Å². The van der Waals surface area contributed by atoms with Gasteiger partial charge in [0.1, 0.15) is 23.4 Å². The fourth-order valence-electron chi connectivity index (χ4n) is 3.26. The first-order valence-corrected chi connectivity index (χ1v) is 8.54. The summed E-state index contributed by atoms with van der Waals surface area (Å²) in [7, 11) is 0. The van der Waals surface area contributed by atoms with Gasteiger partial charge in [-0.25, -0.2) is 9.38 Å². The Kier molecular flexibility index (Phi) is 4.17. The molecule has 4 rings (SSSR count). The summed E-state index contributed by atoms with van der Waals surface area (Å²) < 4.78 is 20.1. The van der Waals surface area contributed by atoms with Gasteiger partial charge in [-0.05, 0) is 43.0 Å². The monoisotopic (exact) mass is 357 g/mol. The number of halogens is 2. The van der Waals surface area contributed by atoms with Crippen LogP contribution in [0.4, 0.5) is 10.1 Å². The second-order valence-corrected chi connectivity index (χ2v) is 6.72. The highest BCUT2D eigenvalue weighted by Crippen LogP contribution is 2.39. The van der Waals surface area contributed by atoms with E-state index in [0.717, 1.165) is 29.0 Å². The SMILES string of the molecule is Cc1cc2c(cc1N1C=NC=C(Cl)C1)OC(c1ncccc1F)CC2. The highest BCUT2D eigenvalue weighted by atomic mass is 35.5. The van der Waals surface area contributed by atoms with E-state index >= 15 is 0 Å². The van der Waals surface area contributed by atoms with Crippen LogP contribution in [0.1, 0.15) is 29.3 Å². The number of ether oxygens (including phenoxy) is 1. The lowest BCUT2D eigenvalue weighted by atomic mass is 9.97. The summed E-state index contributed by atoms with van der Waals surface area (Å²) >= 11 is 6.10. The average molecular weight is 358 g/mol. The summed E-state index contributed by atoms with van der Waals surface area (Å²) in [5.41, 5.74) is 3.60. The van der Waals surface area contributed by atoms with Crippen molar-refractivity contribution in [2.45, 2.75) is 25.9 Å². The maximum Gasteiger partial charge on any atom is 0.148 e. The zero-order chi connectivity index (χ0) is 17.4. The van der Waals surface area contributed by atoms with Crippen LogP contribution in [-0.4, -0.2) is 17.9 Å². The number of aliphatic imine (C=N–C) groups is 1. The van der Waals surface area contributed by atoms with Crippen LogP contribution in [0.2, 0.25) is 0 Å². The fourth-order valence-corrected chi connectivity index (χ4v) is 3.45. The Labute approximate surface area is 150 Å². The maximum atomic E-state index is 14.0. The van der Waals surface area contributed by atoms with Crippen molar-refractivity contribution in [1.82, 2.24) is 4.98 Å². The second-order valence-electron chi connectivity index (χ2n) is 6.23. The molecule has 0 saturated heterocycles. The molecule has 0 amide bonds. The van der Waals surface area contributed by atoms with Crippen LogP contribution >= 0.6 is 11.6 Å². The molecule has 3 heterocycles. The Morgan fingerprint density at radius 1 is 1.36 bits per heavy atom. The first kappa shape index (κ1) is 16.1. The Balaban J connectivity index is 1.66. The van der Waals surface area contributed by atoms with Crippen LogP contribution in [0.3, 0.4) is 0 Å². The molecule has 2 aromatic rings. The van der Waals surface area contributed by atoms with Gasteiger partial charge in [0.05, 0.1) is 17.9 Å². The number of anilines is 1. The van der Waals surface area contributed by atoms with E-state index in [1.54, 1.807) is 24.8 Å². The Morgan fingerprint density at radius 2 is 2.24 bits per heavy atom. The molecule has 0 saturated carbocycles. The quantitative estimate of drug-likeness (QED) is 0.792. The van der Waals surface area contributed by atoms with Crippen molar-refractivity contribution in [3.05, 3.63) is 64.3 Å². The van der Waals surface area contributed by atoms with E-state index in [0.29, 0.717) is 23.7 Å². The number of fused-ring (bicyclic) bond motifs is 1. The van der Waals surface area contributed by atoms with Gasteiger partial charge in [-0.15, -0.1) is 0 Å². The predicted octanol–water partition coefficient (Wildman–Crippen LogP) is 4.52. The van der Waals surface area contributed by atoms with Crippen LogP contribution in [0, 0.1) is 12.7 Å². The van der Waals surface area contributed by atoms with Crippen molar-refractivity contribution in [2.24, 2.45) is 4.99 Å². The first-order valence-electron chi connectivity index (χ1n) is 8.17. The molecular formula is C19H17ClFN3O. The lowest BCUT2D eigenvalue weighted by Gasteiger charge is -2.29. The number of rotatable bonds is 2. The lowest BCUT2D eigenvalue weighted by molar-refractivity contribution is 0.167. The zero-order valence-electron chi connectivity index (χ0n) is 13.7. The van der Waals surface area contributed by atoms with Crippen molar-refractivity contribution in [1.29, 1.82) is 0 Å². The van der Waals surface area contributed by atoms with Crippen molar-refractivity contribution in [2.75, 3.05) is 11.4 Å².